The molecule has 0 atom stereocenters. The molecule has 0 saturated carbocycles. The third-order valence-electron chi connectivity index (χ3n) is 2.91. The Morgan fingerprint density at radius 3 is 2.79 bits per heavy atom. The van der Waals surface area contributed by atoms with E-state index in [0.29, 0.717) is 17.7 Å². The van der Waals surface area contributed by atoms with Crippen LogP contribution >= 0.6 is 31.9 Å². The minimum absolute atomic E-state index is 0.0221. The number of hydrogen-bond donors (Lipinski definition) is 1. The lowest BCUT2D eigenvalue weighted by molar-refractivity contribution is -0.123. The van der Waals surface area contributed by atoms with Crippen molar-refractivity contribution in [3.05, 3.63) is 31.6 Å². The Bertz CT molecular complexity index is 524. The van der Waals surface area contributed by atoms with E-state index in [4.69, 9.17) is 4.74 Å². The highest BCUT2D eigenvalue weighted by Gasteiger charge is 2.16. The number of amides is 1. The van der Waals surface area contributed by atoms with Gasteiger partial charge < -0.3 is 14.6 Å². The maximum atomic E-state index is 11.9. The van der Waals surface area contributed by atoms with Crippen LogP contribution in [0.5, 0.6) is 0 Å². The lowest BCUT2D eigenvalue weighted by Gasteiger charge is -2.23. The van der Waals surface area contributed by atoms with Gasteiger partial charge in [-0.1, -0.05) is 0 Å². The van der Waals surface area contributed by atoms with Gasteiger partial charge in [0.25, 0.3) is 5.56 Å². The second-order valence-corrected chi connectivity index (χ2v) is 6.16. The van der Waals surface area contributed by atoms with Crippen LogP contribution in [0.3, 0.4) is 0 Å². The molecule has 1 aliphatic heterocycles. The van der Waals surface area contributed by atoms with Crippen molar-refractivity contribution in [3.8, 4) is 0 Å². The maximum Gasteiger partial charge on any atom is 0.265 e. The van der Waals surface area contributed by atoms with Crippen LogP contribution in [0.2, 0.25) is 0 Å². The third-order valence-corrected chi connectivity index (χ3v) is 3.91. The smallest absolute Gasteiger partial charge is 0.265 e. The molecular weight excluding hydrogens is 380 g/mol. The number of halogens is 2. The molecule has 0 radical (unpaired) electrons. The van der Waals surface area contributed by atoms with Crippen LogP contribution < -0.4 is 10.9 Å². The number of ether oxygens (including phenoxy) is 1. The highest BCUT2D eigenvalue weighted by molar-refractivity contribution is 9.11. The van der Waals surface area contributed by atoms with E-state index in [9.17, 15) is 9.59 Å². The van der Waals surface area contributed by atoms with Crippen LogP contribution in [0.1, 0.15) is 12.8 Å². The predicted molar refractivity (Wildman–Crippen MR) is 78.1 cm³/mol. The van der Waals surface area contributed by atoms with Crippen LogP contribution in [0.4, 0.5) is 0 Å². The number of hydrogen-bond acceptors (Lipinski definition) is 3. The van der Waals surface area contributed by atoms with Gasteiger partial charge in [0.1, 0.15) is 6.54 Å². The van der Waals surface area contributed by atoms with Gasteiger partial charge in [-0.25, -0.2) is 0 Å². The topological polar surface area (TPSA) is 60.3 Å². The Labute approximate surface area is 127 Å². The number of nitrogens with zero attached hydrogens (tertiary/aromatic N) is 1. The highest BCUT2D eigenvalue weighted by Crippen LogP contribution is 2.12. The molecule has 0 unspecified atom stereocenters. The highest BCUT2D eigenvalue weighted by atomic mass is 79.9. The predicted octanol–water partition coefficient (Wildman–Crippen LogP) is 1.67. The van der Waals surface area contributed by atoms with Gasteiger partial charge in [0.15, 0.2) is 0 Å². The summed E-state index contributed by atoms with van der Waals surface area (Å²) in [5.74, 6) is -0.154. The van der Waals surface area contributed by atoms with Crippen molar-refractivity contribution in [3.63, 3.8) is 0 Å². The molecule has 2 heterocycles. The summed E-state index contributed by atoms with van der Waals surface area (Å²) in [5, 5.41) is 2.92. The zero-order valence-corrected chi connectivity index (χ0v) is 13.4. The van der Waals surface area contributed by atoms with Crippen molar-refractivity contribution in [2.75, 3.05) is 13.2 Å². The van der Waals surface area contributed by atoms with Crippen LogP contribution in [0.15, 0.2) is 26.0 Å². The summed E-state index contributed by atoms with van der Waals surface area (Å²) in [5.41, 5.74) is -0.217. The third kappa shape index (κ3) is 4.15. The summed E-state index contributed by atoms with van der Waals surface area (Å²) in [6, 6.07) is 1.81. The molecule has 19 heavy (non-hydrogen) atoms. The molecule has 1 aromatic rings. The lowest BCUT2D eigenvalue weighted by Crippen LogP contribution is -2.41. The zero-order chi connectivity index (χ0) is 13.8. The molecule has 0 spiro atoms. The standard InChI is InChI=1S/C12H14Br2N2O3/c13-8-5-10(14)12(18)16(6-8)7-11(17)15-9-1-3-19-4-2-9/h5-6,9H,1-4,7H2,(H,15,17). The van der Waals surface area contributed by atoms with E-state index in [1.54, 1.807) is 12.3 Å². The molecule has 0 bridgehead atoms. The lowest BCUT2D eigenvalue weighted by atomic mass is 10.1. The van der Waals surface area contributed by atoms with Crippen molar-refractivity contribution < 1.29 is 9.53 Å². The SMILES string of the molecule is O=C(Cn1cc(Br)cc(Br)c1=O)NC1CCOCC1. The molecule has 0 aromatic carbocycles. The summed E-state index contributed by atoms with van der Waals surface area (Å²) in [6.45, 7) is 1.37. The van der Waals surface area contributed by atoms with Gasteiger partial charge in [-0.15, -0.1) is 0 Å². The number of nitrogens with one attached hydrogen (secondary N) is 1. The number of aromatic nitrogens is 1. The van der Waals surface area contributed by atoms with Crippen molar-refractivity contribution in [1.29, 1.82) is 0 Å². The first-order valence-corrected chi connectivity index (χ1v) is 7.57. The molecule has 2 rings (SSSR count). The first-order chi connectivity index (χ1) is 9.06. The number of pyridine rings is 1. The largest absolute Gasteiger partial charge is 0.381 e. The summed E-state index contributed by atoms with van der Waals surface area (Å²) >= 11 is 6.47. The molecule has 1 fully saturated rings. The number of carbonyl (C=O) groups excluding carboxylic acids is 1. The Morgan fingerprint density at radius 2 is 2.11 bits per heavy atom. The van der Waals surface area contributed by atoms with E-state index < -0.39 is 0 Å². The molecular formula is C12H14Br2N2O3. The molecule has 0 aliphatic carbocycles. The van der Waals surface area contributed by atoms with Gasteiger partial charge in [-0.2, -0.15) is 0 Å². The molecule has 7 heteroatoms. The summed E-state index contributed by atoms with van der Waals surface area (Å²) < 4.78 is 7.79. The average Bonchev–Trinajstić information content (AvgIpc) is 2.36. The molecule has 1 amide bonds. The first kappa shape index (κ1) is 14.7. The van der Waals surface area contributed by atoms with Crippen molar-refractivity contribution in [2.45, 2.75) is 25.4 Å². The quantitative estimate of drug-likeness (QED) is 0.849. The number of carbonyl (C=O) groups is 1. The van der Waals surface area contributed by atoms with Crippen molar-refractivity contribution >= 4 is 37.8 Å². The summed E-state index contributed by atoms with van der Waals surface area (Å²) in [4.78, 5) is 23.8. The first-order valence-electron chi connectivity index (χ1n) is 5.99. The van der Waals surface area contributed by atoms with E-state index in [-0.39, 0.29) is 24.1 Å². The van der Waals surface area contributed by atoms with E-state index in [1.807, 2.05) is 0 Å². The second kappa shape index (κ2) is 6.67. The van der Waals surface area contributed by atoms with Crippen LogP contribution in [-0.2, 0) is 16.1 Å². The normalized spacial score (nSPS) is 16.3. The molecule has 5 nitrogen and oxygen atoms in total. The minimum atomic E-state index is -0.217. The van der Waals surface area contributed by atoms with Crippen molar-refractivity contribution in [2.24, 2.45) is 0 Å². The van der Waals surface area contributed by atoms with Crippen LogP contribution in [-0.4, -0.2) is 29.7 Å². The Hall–Kier alpha value is -0.660. The van der Waals surface area contributed by atoms with E-state index in [2.05, 4.69) is 37.2 Å². The zero-order valence-electron chi connectivity index (χ0n) is 10.2. The van der Waals surface area contributed by atoms with Crippen molar-refractivity contribution in [1.82, 2.24) is 9.88 Å². The molecule has 104 valence electrons. The summed E-state index contributed by atoms with van der Waals surface area (Å²) in [6.07, 6.45) is 3.25. The fraction of sp³-hybridized carbons (Fsp3) is 0.500. The fourth-order valence-electron chi connectivity index (χ4n) is 1.95. The van der Waals surface area contributed by atoms with Gasteiger partial charge in [0.05, 0.1) is 4.47 Å². The molecule has 1 saturated heterocycles. The van der Waals surface area contributed by atoms with E-state index in [0.717, 1.165) is 17.3 Å². The van der Waals surface area contributed by atoms with Crippen LogP contribution in [0, 0.1) is 0 Å². The average molecular weight is 394 g/mol. The Morgan fingerprint density at radius 1 is 1.42 bits per heavy atom. The van der Waals surface area contributed by atoms with Gasteiger partial charge >= 0.3 is 0 Å². The Kier molecular flexibility index (Phi) is 5.18. The van der Waals surface area contributed by atoms with Crippen LogP contribution in [0.25, 0.3) is 0 Å². The fourth-order valence-corrected chi connectivity index (χ4v) is 3.21. The molecule has 1 aromatic heterocycles. The molecule has 1 N–H and O–H groups in total. The van der Waals surface area contributed by atoms with Gasteiger partial charge in [-0.3, -0.25) is 9.59 Å². The maximum absolute atomic E-state index is 11.9. The van der Waals surface area contributed by atoms with E-state index in [1.165, 1.54) is 4.57 Å². The monoisotopic (exact) mass is 392 g/mol. The summed E-state index contributed by atoms with van der Waals surface area (Å²) in [7, 11) is 0. The minimum Gasteiger partial charge on any atom is -0.381 e. The Balaban J connectivity index is 2.00. The van der Waals surface area contributed by atoms with Gasteiger partial charge in [-0.05, 0) is 50.8 Å². The second-order valence-electron chi connectivity index (χ2n) is 4.39. The van der Waals surface area contributed by atoms with E-state index >= 15 is 0 Å². The molecule has 1 aliphatic rings. The van der Waals surface area contributed by atoms with Gasteiger partial charge in [0.2, 0.25) is 5.91 Å². The van der Waals surface area contributed by atoms with Gasteiger partial charge in [0, 0.05) is 29.9 Å². The number of rotatable bonds is 3.